The van der Waals surface area contributed by atoms with Crippen LogP contribution in [0.25, 0.3) is 5.57 Å². The highest BCUT2D eigenvalue weighted by Crippen LogP contribution is 2.40. The number of hydrogen-bond acceptors (Lipinski definition) is 6. The van der Waals surface area contributed by atoms with E-state index in [2.05, 4.69) is 20.3 Å². The molecule has 5 aliphatic heterocycles. The number of ether oxygens (including phenoxy) is 2. The highest BCUT2D eigenvalue weighted by Gasteiger charge is 2.48. The van der Waals surface area contributed by atoms with Gasteiger partial charge in [-0.25, -0.2) is 9.38 Å². The van der Waals surface area contributed by atoms with Crippen LogP contribution in [0.3, 0.4) is 0 Å². The molecule has 7 rings (SSSR count). The van der Waals surface area contributed by atoms with E-state index in [0.717, 1.165) is 11.6 Å². The van der Waals surface area contributed by atoms with Crippen LogP contribution in [-0.2, 0) is 35.2 Å². The van der Waals surface area contributed by atoms with Crippen LogP contribution in [0.15, 0.2) is 40.6 Å². The van der Waals surface area contributed by atoms with Gasteiger partial charge in [0.25, 0.3) is 5.91 Å². The number of carbonyl (C=O) groups excluding carboxylic acids is 1. The average Bonchev–Trinajstić information content (AvgIpc) is 3.61. The minimum absolute atomic E-state index is 0.0125. The third-order valence-corrected chi connectivity index (χ3v) is 8.78. The number of nitrogens with zero attached hydrogens (tertiary/aromatic N) is 5. The molecule has 0 bridgehead atoms. The first-order valence-corrected chi connectivity index (χ1v) is 14.4. The molecule has 6 heterocycles. The van der Waals surface area contributed by atoms with E-state index in [1.807, 2.05) is 13.8 Å². The van der Waals surface area contributed by atoms with E-state index in [1.165, 1.54) is 18.6 Å². The lowest BCUT2D eigenvalue weighted by Crippen LogP contribution is -2.57. The van der Waals surface area contributed by atoms with E-state index >= 15 is 0 Å². The molecule has 5 aliphatic rings. The maximum atomic E-state index is 14.8. The van der Waals surface area contributed by atoms with Crippen molar-refractivity contribution < 1.29 is 31.8 Å². The topological polar surface area (TPSA) is 91.6 Å². The normalized spacial score (nSPS) is 28.9. The summed E-state index contributed by atoms with van der Waals surface area (Å²) in [5.41, 5.74) is 1.63. The fourth-order valence-corrected chi connectivity index (χ4v) is 6.87. The summed E-state index contributed by atoms with van der Waals surface area (Å²) in [5, 5.41) is 3.12. The van der Waals surface area contributed by atoms with Crippen LogP contribution in [0.5, 0.6) is 5.75 Å². The molecule has 9 nitrogen and oxygen atoms in total. The van der Waals surface area contributed by atoms with Gasteiger partial charge in [0.2, 0.25) is 5.96 Å². The molecule has 226 valence electrons. The highest BCUT2D eigenvalue weighted by atomic mass is 19.4. The Morgan fingerprint density at radius 3 is 2.74 bits per heavy atom. The zero-order valence-electron chi connectivity index (χ0n) is 23.6. The Morgan fingerprint density at radius 1 is 1.19 bits per heavy atom. The zero-order valence-corrected chi connectivity index (χ0v) is 23.6. The molecule has 0 radical (unpaired) electrons. The van der Waals surface area contributed by atoms with Crippen molar-refractivity contribution in [3.05, 3.63) is 64.4 Å². The Kier molecular flexibility index (Phi) is 6.67. The summed E-state index contributed by atoms with van der Waals surface area (Å²) >= 11 is 0. The number of aliphatic imine (C=N–C) groups is 2. The van der Waals surface area contributed by atoms with Gasteiger partial charge >= 0.3 is 6.18 Å². The van der Waals surface area contributed by atoms with Gasteiger partial charge < -0.3 is 19.7 Å². The van der Waals surface area contributed by atoms with Crippen LogP contribution in [0.4, 0.5) is 17.6 Å². The first-order valence-electron chi connectivity index (χ1n) is 14.4. The fourth-order valence-electron chi connectivity index (χ4n) is 6.87. The van der Waals surface area contributed by atoms with Gasteiger partial charge in [0.1, 0.15) is 17.3 Å². The van der Waals surface area contributed by atoms with Crippen molar-refractivity contribution in [3.8, 4) is 5.75 Å². The number of guanidine groups is 1. The Balaban J connectivity index is 1.29. The Morgan fingerprint density at radius 2 is 1.98 bits per heavy atom. The highest BCUT2D eigenvalue weighted by molar-refractivity contribution is 6.03. The number of benzene rings is 1. The van der Waals surface area contributed by atoms with Crippen molar-refractivity contribution in [3.63, 3.8) is 0 Å². The summed E-state index contributed by atoms with van der Waals surface area (Å²) in [5.74, 6) is 0.335. The number of aromatic nitrogens is 1. The second-order valence-corrected chi connectivity index (χ2v) is 11.6. The molecule has 13 heteroatoms. The third kappa shape index (κ3) is 4.83. The molecule has 1 saturated heterocycles. The van der Waals surface area contributed by atoms with Crippen LogP contribution in [0.2, 0.25) is 0 Å². The molecule has 1 amide bonds. The number of nitrogens with one attached hydrogen (secondary N) is 1. The maximum absolute atomic E-state index is 14.8. The smallest absolute Gasteiger partial charge is 0.433 e. The Hall–Kier alpha value is -4.00. The van der Waals surface area contributed by atoms with Gasteiger partial charge in [-0.05, 0) is 50.5 Å². The van der Waals surface area contributed by atoms with Crippen molar-refractivity contribution in [1.82, 2.24) is 20.1 Å². The van der Waals surface area contributed by atoms with E-state index in [0.29, 0.717) is 59.8 Å². The Bertz CT molecular complexity index is 1560. The lowest BCUT2D eigenvalue weighted by molar-refractivity contribution is -0.141. The van der Waals surface area contributed by atoms with Gasteiger partial charge in [0.15, 0.2) is 6.04 Å². The quantitative estimate of drug-likeness (QED) is 0.537. The van der Waals surface area contributed by atoms with E-state index in [4.69, 9.17) is 9.47 Å². The summed E-state index contributed by atoms with van der Waals surface area (Å²) in [6, 6.07) is 2.25. The number of rotatable bonds is 3. The van der Waals surface area contributed by atoms with Crippen molar-refractivity contribution in [1.29, 1.82) is 0 Å². The van der Waals surface area contributed by atoms with Crippen LogP contribution in [-0.4, -0.2) is 69.9 Å². The number of alkyl halides is 3. The molecule has 0 aliphatic carbocycles. The monoisotopic (exact) mass is 598 g/mol. The number of fused-ring (bicyclic) bond motifs is 3. The van der Waals surface area contributed by atoms with Gasteiger partial charge in [-0.15, -0.1) is 0 Å². The standard InChI is InChI=1S/C30H30F4N6O3/c1-15-7-18(8-16(2)43-15)39-13-17-9-25(30(32,33)34)35-10-20(17)22-12-37-29(40-14-38-26(27(22)40)28(39)41)36-11-21-19-5-6-42-24(19)4-3-23(21)31/h3-4,9-10,12,14-16,18,26-27H,5-8,11,13H2,1-2H3,(H,36,37). The van der Waals surface area contributed by atoms with Gasteiger partial charge in [0, 0.05) is 53.7 Å². The van der Waals surface area contributed by atoms with Crippen molar-refractivity contribution in [2.45, 2.75) is 82.7 Å². The van der Waals surface area contributed by atoms with Crippen LogP contribution in [0.1, 0.15) is 54.6 Å². The minimum atomic E-state index is -4.64. The van der Waals surface area contributed by atoms with Crippen LogP contribution in [0, 0.1) is 5.82 Å². The summed E-state index contributed by atoms with van der Waals surface area (Å²) in [6.07, 6.45) is 1.22. The van der Waals surface area contributed by atoms with Crippen molar-refractivity contribution in [2.75, 3.05) is 6.61 Å². The molecule has 0 saturated carbocycles. The van der Waals surface area contributed by atoms with E-state index in [1.54, 1.807) is 22.1 Å². The van der Waals surface area contributed by atoms with Crippen LogP contribution < -0.4 is 10.1 Å². The third-order valence-electron chi connectivity index (χ3n) is 8.78. The molecule has 1 aromatic carbocycles. The predicted molar refractivity (Wildman–Crippen MR) is 149 cm³/mol. The van der Waals surface area contributed by atoms with E-state index in [-0.39, 0.29) is 43.1 Å². The number of pyridine rings is 1. The lowest BCUT2D eigenvalue weighted by Gasteiger charge is -2.43. The predicted octanol–water partition coefficient (Wildman–Crippen LogP) is 4.05. The number of halogens is 4. The average molecular weight is 599 g/mol. The lowest BCUT2D eigenvalue weighted by atomic mass is 9.86. The van der Waals surface area contributed by atoms with Gasteiger partial charge in [0.05, 0.1) is 37.7 Å². The Labute approximate surface area is 245 Å². The second kappa shape index (κ2) is 10.3. The zero-order chi connectivity index (χ0) is 30.0. The van der Waals surface area contributed by atoms with Crippen LogP contribution >= 0.6 is 0 Å². The molecule has 1 aromatic heterocycles. The van der Waals surface area contributed by atoms with Gasteiger partial charge in [-0.2, -0.15) is 13.2 Å². The maximum Gasteiger partial charge on any atom is 0.433 e. The molecular formula is C30H30F4N6O3. The van der Waals surface area contributed by atoms with Crippen molar-refractivity contribution >= 4 is 23.8 Å². The van der Waals surface area contributed by atoms with Crippen molar-refractivity contribution in [2.24, 2.45) is 9.98 Å². The molecule has 4 unspecified atom stereocenters. The largest absolute Gasteiger partial charge is 0.493 e. The SMILES string of the molecule is CC1CC(N2Cc3cc(C(F)(F)F)ncc3C3=CNC(=NCc4c(F)ccc5c4CCO5)N4C=NC(C2=O)C34)CC(C)O1. The second-order valence-electron chi connectivity index (χ2n) is 11.6. The molecule has 43 heavy (non-hydrogen) atoms. The first kappa shape index (κ1) is 27.8. The van der Waals surface area contributed by atoms with Gasteiger partial charge in [-0.3, -0.25) is 19.7 Å². The van der Waals surface area contributed by atoms with Gasteiger partial charge in [-0.1, -0.05) is 0 Å². The summed E-state index contributed by atoms with van der Waals surface area (Å²) in [6.45, 7) is 4.35. The number of amides is 1. The fraction of sp³-hybridized carbons (Fsp3) is 0.467. The molecule has 4 atom stereocenters. The summed E-state index contributed by atoms with van der Waals surface area (Å²) in [7, 11) is 0. The van der Waals surface area contributed by atoms with E-state index < -0.39 is 24.0 Å². The molecule has 0 spiro atoms. The summed E-state index contributed by atoms with van der Waals surface area (Å²) < 4.78 is 67.6. The first-order chi connectivity index (χ1) is 20.6. The molecule has 1 fully saturated rings. The van der Waals surface area contributed by atoms with E-state index in [9.17, 15) is 22.4 Å². The minimum Gasteiger partial charge on any atom is -0.493 e. The number of hydrogen-bond donors (Lipinski definition) is 1. The number of carbonyl (C=O) groups is 1. The molecule has 2 aromatic rings. The molecular weight excluding hydrogens is 568 g/mol. The molecule has 1 N–H and O–H groups in total. The summed E-state index contributed by atoms with van der Waals surface area (Å²) in [4.78, 5) is 30.6.